The van der Waals surface area contributed by atoms with Crippen molar-refractivity contribution in [2.75, 3.05) is 11.9 Å². The van der Waals surface area contributed by atoms with Crippen LogP contribution in [0, 0.1) is 18.6 Å². The van der Waals surface area contributed by atoms with Gasteiger partial charge in [-0.15, -0.1) is 0 Å². The van der Waals surface area contributed by atoms with Gasteiger partial charge in [0, 0.05) is 17.8 Å². The van der Waals surface area contributed by atoms with Crippen molar-refractivity contribution in [3.8, 4) is 11.3 Å². The third kappa shape index (κ3) is 4.75. The van der Waals surface area contributed by atoms with Crippen LogP contribution < -0.4 is 5.32 Å². The molecule has 1 aliphatic heterocycles. The maximum atomic E-state index is 14.0. The van der Waals surface area contributed by atoms with E-state index >= 15 is 0 Å². The molecule has 1 aromatic heterocycles. The Bertz CT molecular complexity index is 1250. The second kappa shape index (κ2) is 9.97. The summed E-state index contributed by atoms with van der Waals surface area (Å²) in [5.41, 5.74) is 1.69. The molecule has 34 heavy (non-hydrogen) atoms. The van der Waals surface area contributed by atoms with E-state index < -0.39 is 5.54 Å². The summed E-state index contributed by atoms with van der Waals surface area (Å²) >= 11 is 0. The molecule has 0 spiro atoms. The average Bonchev–Trinajstić information content (AvgIpc) is 3.13. The van der Waals surface area contributed by atoms with E-state index in [1.54, 1.807) is 31.2 Å². The van der Waals surface area contributed by atoms with Gasteiger partial charge in [0.25, 0.3) is 0 Å². The number of anilines is 2. The topological polar surface area (TPSA) is 84.3 Å². The minimum Gasteiger partial charge on any atom is -0.340 e. The van der Waals surface area contributed by atoms with E-state index in [2.05, 4.69) is 5.32 Å². The predicted octanol–water partition coefficient (Wildman–Crippen LogP) is 4.78. The lowest BCUT2D eigenvalue weighted by molar-refractivity contribution is -0.191. The number of hydrogen-bond acceptors (Lipinski definition) is 5. The Hall–Kier alpha value is -3.84. The van der Waals surface area contributed by atoms with E-state index in [1.165, 1.54) is 18.2 Å². The van der Waals surface area contributed by atoms with Gasteiger partial charge in [-0.3, -0.25) is 4.79 Å². The minimum absolute atomic E-state index is 0.000814. The van der Waals surface area contributed by atoms with Crippen molar-refractivity contribution in [1.82, 2.24) is 14.5 Å². The molecule has 0 fully saturated rings. The highest BCUT2D eigenvalue weighted by atomic mass is 19.1. The van der Waals surface area contributed by atoms with Gasteiger partial charge < -0.3 is 14.8 Å². The molecule has 4 rings (SSSR count). The van der Waals surface area contributed by atoms with Gasteiger partial charge in [-0.1, -0.05) is 19.1 Å². The Balaban J connectivity index is 0.00000103. The standard InChI is InChI=1S/C24H26F2N4O.CO2/c1-5-11-30-20(31)14-29-22(27-18-9-10-19(26)15(2)12-18)21(28-23(29)24(30,3)4)16-7-6-8-17(25)13-16;2-1-3/h6-10,12-13,27H,5,11,14H2,1-4H3;. The van der Waals surface area contributed by atoms with E-state index in [0.717, 1.165) is 12.2 Å². The van der Waals surface area contributed by atoms with Gasteiger partial charge in [0.05, 0.1) is 5.54 Å². The quantitative estimate of drug-likeness (QED) is 0.582. The summed E-state index contributed by atoms with van der Waals surface area (Å²) in [6, 6.07) is 11.0. The van der Waals surface area contributed by atoms with E-state index in [-0.39, 0.29) is 30.2 Å². The number of imidazole rings is 1. The molecule has 1 N–H and O–H groups in total. The normalized spacial score (nSPS) is 14.1. The minimum atomic E-state index is -0.633. The maximum Gasteiger partial charge on any atom is 0.373 e. The molecular formula is C25H26F2N4O3. The highest BCUT2D eigenvalue weighted by molar-refractivity contribution is 5.83. The molecule has 0 saturated heterocycles. The van der Waals surface area contributed by atoms with Gasteiger partial charge in [0.1, 0.15) is 35.5 Å². The number of benzene rings is 2. The molecule has 2 aromatic carbocycles. The summed E-state index contributed by atoms with van der Waals surface area (Å²) in [5.74, 6) is 0.652. The molecule has 0 saturated carbocycles. The molecule has 7 nitrogen and oxygen atoms in total. The Kier molecular flexibility index (Phi) is 7.27. The van der Waals surface area contributed by atoms with Gasteiger partial charge in [-0.05, 0) is 63.1 Å². The third-order valence-electron chi connectivity index (χ3n) is 5.75. The first-order valence-electron chi connectivity index (χ1n) is 10.8. The summed E-state index contributed by atoms with van der Waals surface area (Å²) in [7, 11) is 0. The van der Waals surface area contributed by atoms with Crippen LogP contribution in [0.3, 0.4) is 0 Å². The largest absolute Gasteiger partial charge is 0.373 e. The molecule has 0 aliphatic carbocycles. The smallest absolute Gasteiger partial charge is 0.340 e. The number of nitrogens with zero attached hydrogens (tertiary/aromatic N) is 3. The Morgan fingerprint density at radius 1 is 1.15 bits per heavy atom. The fourth-order valence-electron chi connectivity index (χ4n) is 4.18. The Labute approximate surface area is 196 Å². The van der Waals surface area contributed by atoms with Gasteiger partial charge in [-0.2, -0.15) is 9.59 Å². The lowest BCUT2D eigenvalue weighted by atomic mass is 9.98. The van der Waals surface area contributed by atoms with Crippen LogP contribution in [0.25, 0.3) is 11.3 Å². The lowest BCUT2D eigenvalue weighted by Gasteiger charge is -2.42. The highest BCUT2D eigenvalue weighted by Gasteiger charge is 2.42. The summed E-state index contributed by atoms with van der Waals surface area (Å²) in [4.78, 5) is 36.0. The zero-order valence-corrected chi connectivity index (χ0v) is 19.5. The molecule has 9 heteroatoms. The third-order valence-corrected chi connectivity index (χ3v) is 5.75. The maximum absolute atomic E-state index is 14.0. The number of aromatic nitrogens is 2. The molecular weight excluding hydrogens is 442 g/mol. The Morgan fingerprint density at radius 2 is 1.85 bits per heavy atom. The SMILES string of the molecule is CCCN1C(=O)Cn2c(nc(-c3cccc(F)c3)c2Nc2ccc(F)c(C)c2)C1(C)C.O=C=O. The van der Waals surface area contributed by atoms with Crippen molar-refractivity contribution in [1.29, 1.82) is 0 Å². The number of nitrogens with one attached hydrogen (secondary N) is 1. The van der Waals surface area contributed by atoms with Gasteiger partial charge in [0.15, 0.2) is 0 Å². The molecule has 0 bridgehead atoms. The highest BCUT2D eigenvalue weighted by Crippen LogP contribution is 2.40. The molecule has 0 atom stereocenters. The van der Waals surface area contributed by atoms with Crippen molar-refractivity contribution < 1.29 is 23.2 Å². The fraction of sp³-hybridized carbons (Fsp3) is 0.320. The zero-order valence-electron chi connectivity index (χ0n) is 19.5. The van der Waals surface area contributed by atoms with Crippen LogP contribution in [-0.4, -0.2) is 33.1 Å². The van der Waals surface area contributed by atoms with Crippen molar-refractivity contribution in [2.24, 2.45) is 0 Å². The summed E-state index contributed by atoms with van der Waals surface area (Å²) in [6.45, 7) is 8.43. The number of hydrogen-bond donors (Lipinski definition) is 1. The summed E-state index contributed by atoms with van der Waals surface area (Å²) in [6.07, 6.45) is 1.09. The lowest BCUT2D eigenvalue weighted by Crippen LogP contribution is -2.52. The van der Waals surface area contributed by atoms with Crippen molar-refractivity contribution in [2.45, 2.75) is 46.2 Å². The molecule has 0 unspecified atom stereocenters. The first-order chi connectivity index (χ1) is 16.1. The van der Waals surface area contributed by atoms with E-state index in [9.17, 15) is 13.6 Å². The number of carbonyl (C=O) groups is 1. The molecule has 1 amide bonds. The van der Waals surface area contributed by atoms with Crippen molar-refractivity contribution in [3.05, 3.63) is 65.5 Å². The second-order valence-electron chi connectivity index (χ2n) is 8.51. The molecule has 3 aromatic rings. The monoisotopic (exact) mass is 468 g/mol. The summed E-state index contributed by atoms with van der Waals surface area (Å²) < 4.78 is 29.6. The fourth-order valence-corrected chi connectivity index (χ4v) is 4.18. The van der Waals surface area contributed by atoms with Gasteiger partial charge >= 0.3 is 6.15 Å². The van der Waals surface area contributed by atoms with Crippen LogP contribution in [0.15, 0.2) is 42.5 Å². The van der Waals surface area contributed by atoms with Gasteiger partial charge in [0.2, 0.25) is 5.91 Å². The predicted molar refractivity (Wildman–Crippen MR) is 122 cm³/mol. The van der Waals surface area contributed by atoms with Crippen molar-refractivity contribution >= 4 is 23.6 Å². The molecule has 2 heterocycles. The van der Waals surface area contributed by atoms with Crippen LogP contribution >= 0.6 is 0 Å². The summed E-state index contributed by atoms with van der Waals surface area (Å²) in [5, 5.41) is 3.31. The first-order valence-corrected chi connectivity index (χ1v) is 10.8. The molecule has 0 radical (unpaired) electrons. The second-order valence-corrected chi connectivity index (χ2v) is 8.51. The number of amides is 1. The van der Waals surface area contributed by atoms with E-state index in [4.69, 9.17) is 14.6 Å². The van der Waals surface area contributed by atoms with Crippen molar-refractivity contribution in [3.63, 3.8) is 0 Å². The zero-order chi connectivity index (χ0) is 25.0. The molecule has 1 aliphatic rings. The first kappa shape index (κ1) is 24.8. The van der Waals surface area contributed by atoms with Crippen LogP contribution in [0.1, 0.15) is 38.6 Å². The number of rotatable bonds is 5. The number of aryl methyl sites for hydroxylation is 1. The van der Waals surface area contributed by atoms with Gasteiger partial charge in [-0.25, -0.2) is 13.8 Å². The number of halogens is 2. The van der Waals surface area contributed by atoms with Crippen LogP contribution in [0.2, 0.25) is 0 Å². The Morgan fingerprint density at radius 3 is 2.47 bits per heavy atom. The average molecular weight is 469 g/mol. The van der Waals surface area contributed by atoms with Crippen LogP contribution in [0.4, 0.5) is 20.3 Å². The van der Waals surface area contributed by atoms with Crippen LogP contribution in [0.5, 0.6) is 0 Å². The number of carbonyl (C=O) groups excluding carboxylic acids is 3. The molecule has 178 valence electrons. The number of fused-ring (bicyclic) bond motifs is 1. The van der Waals surface area contributed by atoms with E-state index in [1.807, 2.05) is 30.2 Å². The van der Waals surface area contributed by atoms with E-state index in [0.29, 0.717) is 34.9 Å². The van der Waals surface area contributed by atoms with Crippen LogP contribution in [-0.2, 0) is 26.5 Å².